The maximum absolute atomic E-state index is 10.6. The fourth-order valence-corrected chi connectivity index (χ4v) is 0.539. The molecule has 9 heavy (non-hydrogen) atoms. The maximum Gasteiger partial charge on any atom is 0.205 e. The highest BCUT2D eigenvalue weighted by Crippen LogP contribution is 1.97. The average molecular weight is 122 g/mol. The van der Waals surface area contributed by atoms with Crippen molar-refractivity contribution in [2.24, 2.45) is 5.73 Å². The van der Waals surface area contributed by atoms with Crippen molar-refractivity contribution in [2.75, 3.05) is 0 Å². The van der Waals surface area contributed by atoms with Gasteiger partial charge in [0.1, 0.15) is 5.71 Å². The molecule has 0 aromatic carbocycles. The minimum Gasteiger partial charge on any atom is -0.399 e. The molecule has 3 nitrogen and oxygen atoms in total. The Morgan fingerprint density at radius 1 is 1.44 bits per heavy atom. The Morgan fingerprint density at radius 2 is 2.11 bits per heavy atom. The van der Waals surface area contributed by atoms with Crippen LogP contribution in [0.15, 0.2) is 23.9 Å². The van der Waals surface area contributed by atoms with Gasteiger partial charge in [0.25, 0.3) is 0 Å². The fraction of sp³-hybridized carbons (Fsp3) is 0. The van der Waals surface area contributed by atoms with Gasteiger partial charge < -0.3 is 5.73 Å². The summed E-state index contributed by atoms with van der Waals surface area (Å²) in [6.07, 6.45) is 4.16. The number of carbonyl (C=O) groups is 1. The zero-order valence-corrected chi connectivity index (χ0v) is 4.72. The van der Waals surface area contributed by atoms with Gasteiger partial charge in [-0.05, 0) is 12.2 Å². The van der Waals surface area contributed by atoms with Crippen LogP contribution in [0.25, 0.3) is 0 Å². The molecule has 0 aliphatic heterocycles. The molecule has 0 fully saturated rings. The molecule has 3 N–H and O–H groups in total. The molecular formula is C6H6N2O. The minimum atomic E-state index is -0.324. The van der Waals surface area contributed by atoms with E-state index in [0.717, 1.165) is 0 Å². The van der Waals surface area contributed by atoms with Crippen LogP contribution < -0.4 is 5.73 Å². The lowest BCUT2D eigenvalue weighted by molar-refractivity contribution is -0.108. The van der Waals surface area contributed by atoms with Gasteiger partial charge in [-0.25, -0.2) is 0 Å². The molecule has 46 valence electrons. The molecule has 1 aliphatic rings. The van der Waals surface area contributed by atoms with E-state index in [1.54, 1.807) is 0 Å². The Balaban J connectivity index is 2.95. The van der Waals surface area contributed by atoms with Gasteiger partial charge in [-0.1, -0.05) is 0 Å². The molecule has 0 heterocycles. The van der Waals surface area contributed by atoms with Gasteiger partial charge in [0, 0.05) is 11.8 Å². The van der Waals surface area contributed by atoms with Crippen LogP contribution in [0.2, 0.25) is 0 Å². The molecule has 0 amide bonds. The molecule has 0 unspecified atom stereocenters. The summed E-state index contributed by atoms with van der Waals surface area (Å²) in [4.78, 5) is 10.6. The molecular weight excluding hydrogens is 116 g/mol. The van der Waals surface area contributed by atoms with E-state index in [2.05, 4.69) is 0 Å². The largest absolute Gasteiger partial charge is 0.399 e. The van der Waals surface area contributed by atoms with Crippen LogP contribution in [-0.4, -0.2) is 11.5 Å². The second-order valence-electron chi connectivity index (χ2n) is 1.76. The van der Waals surface area contributed by atoms with Crippen LogP contribution in [0.3, 0.4) is 0 Å². The molecule has 0 saturated carbocycles. The number of nitrogens with one attached hydrogen (secondary N) is 1. The summed E-state index contributed by atoms with van der Waals surface area (Å²) >= 11 is 0. The highest BCUT2D eigenvalue weighted by molar-refractivity contribution is 6.47. The first-order valence-corrected chi connectivity index (χ1v) is 2.48. The number of hydrogen-bond acceptors (Lipinski definition) is 3. The number of ketones is 1. The van der Waals surface area contributed by atoms with Gasteiger partial charge in [-0.15, -0.1) is 0 Å². The minimum absolute atomic E-state index is 0.01000. The van der Waals surface area contributed by atoms with Gasteiger partial charge in [0.15, 0.2) is 0 Å². The molecule has 1 aliphatic carbocycles. The van der Waals surface area contributed by atoms with Gasteiger partial charge in [-0.3, -0.25) is 10.2 Å². The summed E-state index contributed by atoms with van der Waals surface area (Å²) in [5.41, 5.74) is 5.65. The van der Waals surface area contributed by atoms with E-state index in [4.69, 9.17) is 11.1 Å². The summed E-state index contributed by atoms with van der Waals surface area (Å²) in [6, 6.07) is 0. The van der Waals surface area contributed by atoms with Gasteiger partial charge >= 0.3 is 0 Å². The van der Waals surface area contributed by atoms with Crippen LogP contribution in [0.1, 0.15) is 0 Å². The summed E-state index contributed by atoms with van der Waals surface area (Å²) in [5, 5.41) is 6.95. The zero-order valence-electron chi connectivity index (χ0n) is 4.72. The summed E-state index contributed by atoms with van der Waals surface area (Å²) in [7, 11) is 0. The molecule has 0 saturated heterocycles. The SMILES string of the molecule is N=C1C=CC(N)=CC1=O. The molecule has 0 atom stereocenters. The van der Waals surface area contributed by atoms with Crippen molar-refractivity contribution >= 4 is 11.5 Å². The summed E-state index contributed by atoms with van der Waals surface area (Å²) in [6.45, 7) is 0. The second-order valence-corrected chi connectivity index (χ2v) is 1.76. The van der Waals surface area contributed by atoms with Gasteiger partial charge in [-0.2, -0.15) is 0 Å². The lowest BCUT2D eigenvalue weighted by Gasteiger charge is -1.98. The van der Waals surface area contributed by atoms with Crippen molar-refractivity contribution in [1.29, 1.82) is 5.41 Å². The molecule has 0 spiro atoms. The second kappa shape index (κ2) is 1.85. The maximum atomic E-state index is 10.6. The van der Waals surface area contributed by atoms with Crippen LogP contribution in [0.4, 0.5) is 0 Å². The Kier molecular flexibility index (Phi) is 1.18. The van der Waals surface area contributed by atoms with Crippen molar-refractivity contribution in [1.82, 2.24) is 0 Å². The van der Waals surface area contributed by atoms with Crippen molar-refractivity contribution in [2.45, 2.75) is 0 Å². The normalized spacial score (nSPS) is 18.0. The Hall–Kier alpha value is -1.38. The summed E-state index contributed by atoms with van der Waals surface area (Å²) < 4.78 is 0. The van der Waals surface area contributed by atoms with Crippen LogP contribution in [0.5, 0.6) is 0 Å². The lowest BCUT2D eigenvalue weighted by Crippen LogP contribution is -2.13. The standard InChI is InChI=1S/C6H6N2O/c7-4-1-2-5(8)6(9)3-4/h1-3,8H,7H2. The van der Waals surface area contributed by atoms with Crippen LogP contribution >= 0.6 is 0 Å². The third kappa shape index (κ3) is 1.05. The topological polar surface area (TPSA) is 66.9 Å². The van der Waals surface area contributed by atoms with E-state index in [0.29, 0.717) is 5.70 Å². The number of hydrogen-bond donors (Lipinski definition) is 2. The number of allylic oxidation sites excluding steroid dienone is 3. The highest BCUT2D eigenvalue weighted by atomic mass is 16.1. The van der Waals surface area contributed by atoms with Crippen molar-refractivity contribution in [3.05, 3.63) is 23.9 Å². The van der Waals surface area contributed by atoms with Gasteiger partial charge in [0.2, 0.25) is 5.78 Å². The Labute approximate surface area is 52.4 Å². The quantitative estimate of drug-likeness (QED) is 0.443. The predicted octanol–water partition coefficient (Wildman–Crippen LogP) is -0.0123. The average Bonchev–Trinajstić information content (AvgIpc) is 1.80. The first kappa shape index (κ1) is 5.75. The van der Waals surface area contributed by atoms with Crippen molar-refractivity contribution in [3.63, 3.8) is 0 Å². The van der Waals surface area contributed by atoms with E-state index in [-0.39, 0.29) is 11.5 Å². The smallest absolute Gasteiger partial charge is 0.205 e. The van der Waals surface area contributed by atoms with Crippen molar-refractivity contribution < 1.29 is 4.79 Å². The Morgan fingerprint density at radius 3 is 2.56 bits per heavy atom. The highest BCUT2D eigenvalue weighted by Gasteiger charge is 2.06. The zero-order chi connectivity index (χ0) is 6.85. The predicted molar refractivity (Wildman–Crippen MR) is 34.1 cm³/mol. The molecule has 0 aromatic rings. The summed E-state index contributed by atoms with van der Waals surface area (Å²) in [5.74, 6) is -0.324. The lowest BCUT2D eigenvalue weighted by atomic mass is 10.1. The van der Waals surface area contributed by atoms with Gasteiger partial charge in [0.05, 0.1) is 0 Å². The number of nitrogens with two attached hydrogens (primary N) is 1. The fourth-order valence-electron chi connectivity index (χ4n) is 0.539. The number of carbonyl (C=O) groups excluding carboxylic acids is 1. The molecule has 1 rings (SSSR count). The van der Waals surface area contributed by atoms with E-state index < -0.39 is 0 Å². The third-order valence-electron chi connectivity index (χ3n) is 1.01. The van der Waals surface area contributed by atoms with E-state index in [1.165, 1.54) is 18.2 Å². The Bertz CT molecular complexity index is 225. The van der Waals surface area contributed by atoms with Crippen molar-refractivity contribution in [3.8, 4) is 0 Å². The number of rotatable bonds is 0. The van der Waals surface area contributed by atoms with E-state index in [1.807, 2.05) is 0 Å². The van der Waals surface area contributed by atoms with Crippen LogP contribution in [0, 0.1) is 5.41 Å². The third-order valence-corrected chi connectivity index (χ3v) is 1.01. The van der Waals surface area contributed by atoms with Crippen LogP contribution in [-0.2, 0) is 4.79 Å². The van der Waals surface area contributed by atoms with E-state index >= 15 is 0 Å². The first-order valence-electron chi connectivity index (χ1n) is 2.48. The molecule has 0 aromatic heterocycles. The molecule has 0 bridgehead atoms. The molecule has 3 heteroatoms. The van der Waals surface area contributed by atoms with E-state index in [9.17, 15) is 4.79 Å². The molecule has 0 radical (unpaired) electrons. The monoisotopic (exact) mass is 122 g/mol. The first-order chi connectivity index (χ1) is 4.20.